The van der Waals surface area contributed by atoms with Crippen molar-refractivity contribution in [3.63, 3.8) is 0 Å². The average Bonchev–Trinajstić information content (AvgIpc) is 2.98. The second kappa shape index (κ2) is 5.15. The third-order valence-electron chi connectivity index (χ3n) is 4.86. The number of nitrogens with zero attached hydrogens (tertiary/aromatic N) is 2. The number of hydrogen-bond donors (Lipinski definition) is 1. The first kappa shape index (κ1) is 13.4. The molecule has 0 unspecified atom stereocenters. The summed E-state index contributed by atoms with van der Waals surface area (Å²) >= 11 is 0. The van der Waals surface area contributed by atoms with Gasteiger partial charge in [-0.1, -0.05) is 0 Å². The lowest BCUT2D eigenvalue weighted by Crippen LogP contribution is -2.57. The highest BCUT2D eigenvalue weighted by Gasteiger charge is 2.34. The van der Waals surface area contributed by atoms with E-state index < -0.39 is 0 Å². The highest BCUT2D eigenvalue weighted by Crippen LogP contribution is 2.28. The number of benzene rings is 1. The Labute approximate surface area is 128 Å². The number of carbonyl (C=O) groups excluding carboxylic acids is 1. The van der Waals surface area contributed by atoms with Crippen LogP contribution in [0.2, 0.25) is 0 Å². The van der Waals surface area contributed by atoms with Crippen LogP contribution in [0.25, 0.3) is 11.0 Å². The fraction of sp³-hybridized carbons (Fsp3) is 0.412. The molecule has 0 spiro atoms. The van der Waals surface area contributed by atoms with E-state index in [0.717, 1.165) is 25.0 Å². The van der Waals surface area contributed by atoms with Gasteiger partial charge in [-0.15, -0.1) is 0 Å². The number of hydrogen-bond acceptors (Lipinski definition) is 4. The monoisotopic (exact) mass is 295 g/mol. The van der Waals surface area contributed by atoms with Crippen LogP contribution in [-0.4, -0.2) is 36.5 Å². The minimum atomic E-state index is -0.0413. The first-order valence-corrected chi connectivity index (χ1v) is 7.70. The number of carbonyl (C=O) groups is 1. The maximum Gasteiger partial charge on any atom is 0.251 e. The standard InChI is InChI=1S/C17H17N3O2/c18-9-14-8-13-7-12(1-2-16(13)22-14)17(21)19-15-10-20-5-3-11(15)4-6-20/h1-2,7-8,11,15H,3-6,10H2,(H,19,21)/t15-/m0/s1. The van der Waals surface area contributed by atoms with Crippen LogP contribution in [0.5, 0.6) is 0 Å². The molecule has 1 atom stereocenters. The molecule has 4 heterocycles. The van der Waals surface area contributed by atoms with Crippen LogP contribution in [0.15, 0.2) is 28.7 Å². The van der Waals surface area contributed by atoms with Gasteiger partial charge >= 0.3 is 0 Å². The van der Waals surface area contributed by atoms with Crippen molar-refractivity contribution in [2.24, 2.45) is 5.92 Å². The lowest BCUT2D eigenvalue weighted by Gasteiger charge is -2.44. The zero-order chi connectivity index (χ0) is 15.1. The van der Waals surface area contributed by atoms with E-state index in [2.05, 4.69) is 10.2 Å². The topological polar surface area (TPSA) is 69.3 Å². The van der Waals surface area contributed by atoms with E-state index in [-0.39, 0.29) is 17.7 Å². The molecule has 3 aliphatic rings. The quantitative estimate of drug-likeness (QED) is 0.921. The number of nitrogens with one attached hydrogen (secondary N) is 1. The lowest BCUT2D eigenvalue weighted by atomic mass is 9.84. The minimum Gasteiger partial charge on any atom is -0.446 e. The molecule has 0 radical (unpaired) electrons. The van der Waals surface area contributed by atoms with E-state index in [1.807, 2.05) is 6.07 Å². The Morgan fingerprint density at radius 1 is 1.32 bits per heavy atom. The molecule has 5 nitrogen and oxygen atoms in total. The molecular weight excluding hydrogens is 278 g/mol. The summed E-state index contributed by atoms with van der Waals surface area (Å²) in [6.07, 6.45) is 2.36. The second-order valence-electron chi connectivity index (χ2n) is 6.19. The molecular formula is C17H17N3O2. The highest BCUT2D eigenvalue weighted by atomic mass is 16.3. The molecule has 3 aliphatic heterocycles. The smallest absolute Gasteiger partial charge is 0.251 e. The van der Waals surface area contributed by atoms with Gasteiger partial charge in [-0.05, 0) is 50.0 Å². The summed E-state index contributed by atoms with van der Waals surface area (Å²) in [6.45, 7) is 3.28. The molecule has 1 amide bonds. The van der Waals surface area contributed by atoms with Crippen molar-refractivity contribution in [2.75, 3.05) is 19.6 Å². The predicted molar refractivity (Wildman–Crippen MR) is 81.3 cm³/mol. The third kappa shape index (κ3) is 2.26. The van der Waals surface area contributed by atoms with Gasteiger partial charge in [-0.25, -0.2) is 0 Å². The Kier molecular flexibility index (Phi) is 3.12. The second-order valence-corrected chi connectivity index (χ2v) is 6.19. The molecule has 5 rings (SSSR count). The van der Waals surface area contributed by atoms with Gasteiger partial charge in [-0.2, -0.15) is 5.26 Å². The number of piperidine rings is 3. The SMILES string of the molecule is N#Cc1cc2cc(C(=O)N[C@H]3CN4CCC3CC4)ccc2o1. The highest BCUT2D eigenvalue weighted by molar-refractivity contribution is 5.98. The molecule has 1 aromatic carbocycles. The summed E-state index contributed by atoms with van der Waals surface area (Å²) in [6, 6.07) is 9.19. The Balaban J connectivity index is 1.54. The van der Waals surface area contributed by atoms with Crippen molar-refractivity contribution in [2.45, 2.75) is 18.9 Å². The van der Waals surface area contributed by atoms with Crippen molar-refractivity contribution < 1.29 is 9.21 Å². The predicted octanol–water partition coefficient (Wildman–Crippen LogP) is 2.13. The summed E-state index contributed by atoms with van der Waals surface area (Å²) in [5.74, 6) is 0.835. The van der Waals surface area contributed by atoms with Gasteiger partial charge in [0.15, 0.2) is 0 Å². The first-order chi connectivity index (χ1) is 10.7. The average molecular weight is 295 g/mol. The summed E-state index contributed by atoms with van der Waals surface area (Å²) in [7, 11) is 0. The number of rotatable bonds is 2. The van der Waals surface area contributed by atoms with Crippen LogP contribution < -0.4 is 5.32 Å². The number of furan rings is 1. The van der Waals surface area contributed by atoms with Crippen LogP contribution in [0.3, 0.4) is 0 Å². The van der Waals surface area contributed by atoms with E-state index in [4.69, 9.17) is 9.68 Å². The fourth-order valence-corrected chi connectivity index (χ4v) is 3.62. The Morgan fingerprint density at radius 2 is 2.14 bits per heavy atom. The van der Waals surface area contributed by atoms with Gasteiger partial charge < -0.3 is 14.6 Å². The van der Waals surface area contributed by atoms with Crippen molar-refractivity contribution in [3.05, 3.63) is 35.6 Å². The van der Waals surface area contributed by atoms with Crippen LogP contribution in [-0.2, 0) is 0 Å². The van der Waals surface area contributed by atoms with Gasteiger partial charge in [0.1, 0.15) is 11.7 Å². The van der Waals surface area contributed by atoms with Gasteiger partial charge in [0.2, 0.25) is 5.76 Å². The van der Waals surface area contributed by atoms with E-state index in [9.17, 15) is 4.79 Å². The fourth-order valence-electron chi connectivity index (χ4n) is 3.62. The Bertz CT molecular complexity index is 766. The molecule has 5 heteroatoms. The molecule has 3 fully saturated rings. The van der Waals surface area contributed by atoms with Crippen molar-refractivity contribution in [3.8, 4) is 6.07 Å². The van der Waals surface area contributed by atoms with Crippen LogP contribution >= 0.6 is 0 Å². The van der Waals surface area contributed by atoms with Crippen molar-refractivity contribution in [1.29, 1.82) is 5.26 Å². The molecule has 1 aromatic heterocycles. The minimum absolute atomic E-state index is 0.0413. The van der Waals surface area contributed by atoms with Crippen molar-refractivity contribution in [1.82, 2.24) is 10.2 Å². The van der Waals surface area contributed by atoms with Gasteiger partial charge in [-0.3, -0.25) is 4.79 Å². The normalized spacial score (nSPS) is 26.8. The van der Waals surface area contributed by atoms with Crippen LogP contribution in [0.1, 0.15) is 29.0 Å². The lowest BCUT2D eigenvalue weighted by molar-refractivity contribution is 0.0620. The number of amides is 1. The van der Waals surface area contributed by atoms with E-state index in [1.54, 1.807) is 24.3 Å². The van der Waals surface area contributed by atoms with Crippen molar-refractivity contribution >= 4 is 16.9 Å². The Morgan fingerprint density at radius 3 is 2.82 bits per heavy atom. The zero-order valence-electron chi connectivity index (χ0n) is 12.2. The maximum atomic E-state index is 12.5. The number of nitriles is 1. The third-order valence-corrected chi connectivity index (χ3v) is 4.86. The van der Waals surface area contributed by atoms with Gasteiger partial charge in [0, 0.05) is 29.6 Å². The molecule has 0 saturated carbocycles. The largest absolute Gasteiger partial charge is 0.446 e. The number of fused-ring (bicyclic) bond motifs is 4. The first-order valence-electron chi connectivity index (χ1n) is 7.70. The molecule has 2 aromatic rings. The Hall–Kier alpha value is -2.32. The van der Waals surface area contributed by atoms with E-state index in [0.29, 0.717) is 17.1 Å². The molecule has 22 heavy (non-hydrogen) atoms. The zero-order valence-corrected chi connectivity index (χ0v) is 12.2. The summed E-state index contributed by atoms with van der Waals surface area (Å²) in [5, 5.41) is 12.8. The summed E-state index contributed by atoms with van der Waals surface area (Å²) in [5.41, 5.74) is 1.25. The van der Waals surface area contributed by atoms with E-state index in [1.165, 1.54) is 12.8 Å². The summed E-state index contributed by atoms with van der Waals surface area (Å²) in [4.78, 5) is 14.9. The van der Waals surface area contributed by atoms with Gasteiger partial charge in [0.05, 0.1) is 0 Å². The van der Waals surface area contributed by atoms with E-state index >= 15 is 0 Å². The van der Waals surface area contributed by atoms with Gasteiger partial charge in [0.25, 0.3) is 5.91 Å². The molecule has 112 valence electrons. The molecule has 3 saturated heterocycles. The van der Waals surface area contributed by atoms with Crippen LogP contribution in [0, 0.1) is 17.2 Å². The maximum absolute atomic E-state index is 12.5. The summed E-state index contributed by atoms with van der Waals surface area (Å²) < 4.78 is 5.34. The molecule has 2 bridgehead atoms. The van der Waals surface area contributed by atoms with Crippen LogP contribution in [0.4, 0.5) is 0 Å². The molecule has 0 aliphatic carbocycles. The molecule has 1 N–H and O–H groups in total.